The lowest BCUT2D eigenvalue weighted by molar-refractivity contribution is -0.384. The molecule has 0 saturated carbocycles. The van der Waals surface area contributed by atoms with Gasteiger partial charge in [0.1, 0.15) is 18.3 Å². The van der Waals surface area contributed by atoms with Gasteiger partial charge in [-0.3, -0.25) is 19.7 Å². The lowest BCUT2D eigenvalue weighted by Gasteiger charge is -2.20. The largest absolute Gasteiger partial charge is 0.481 e. The van der Waals surface area contributed by atoms with Crippen molar-refractivity contribution in [1.82, 2.24) is 15.0 Å². The van der Waals surface area contributed by atoms with Crippen molar-refractivity contribution >= 4 is 17.6 Å². The maximum Gasteiger partial charge on any atom is 0.320 e. The zero-order chi connectivity index (χ0) is 21.6. The van der Waals surface area contributed by atoms with E-state index in [-0.39, 0.29) is 29.6 Å². The molecule has 0 fully saturated rings. The van der Waals surface area contributed by atoms with Gasteiger partial charge in [0.15, 0.2) is 5.75 Å². The summed E-state index contributed by atoms with van der Waals surface area (Å²) in [7, 11) is 0. The maximum absolute atomic E-state index is 11.8. The van der Waals surface area contributed by atoms with Crippen LogP contribution in [0.5, 0.6) is 5.75 Å². The normalized spacial score (nSPS) is 13.1. The molecule has 2 atom stereocenters. The molecular weight excluding hydrogens is 384 g/mol. The highest BCUT2D eigenvalue weighted by atomic mass is 16.7. The molecule has 1 aromatic heterocycles. The summed E-state index contributed by atoms with van der Waals surface area (Å²) in [5.74, 6) is -3.00. The van der Waals surface area contributed by atoms with E-state index in [9.17, 15) is 29.9 Å². The summed E-state index contributed by atoms with van der Waals surface area (Å²) in [6.45, 7) is 3.60. The van der Waals surface area contributed by atoms with Crippen molar-refractivity contribution in [2.45, 2.75) is 32.2 Å². The van der Waals surface area contributed by atoms with Gasteiger partial charge in [0, 0.05) is 18.7 Å². The van der Waals surface area contributed by atoms with E-state index in [1.54, 1.807) is 0 Å². The number of hydrogen-bond donors (Lipinski definition) is 3. The number of carboxylic acids is 2. The van der Waals surface area contributed by atoms with Crippen LogP contribution in [0.3, 0.4) is 0 Å². The van der Waals surface area contributed by atoms with Crippen LogP contribution in [0.4, 0.5) is 5.69 Å². The Labute approximate surface area is 166 Å². The van der Waals surface area contributed by atoms with E-state index >= 15 is 0 Å². The third kappa shape index (κ3) is 6.01. The van der Waals surface area contributed by atoms with Gasteiger partial charge < -0.3 is 20.4 Å². The van der Waals surface area contributed by atoms with Gasteiger partial charge in [0.25, 0.3) is 5.69 Å². The van der Waals surface area contributed by atoms with Crippen molar-refractivity contribution in [1.29, 1.82) is 0 Å². The molecule has 0 amide bonds. The van der Waals surface area contributed by atoms with Crippen LogP contribution in [0, 0.1) is 16.0 Å². The van der Waals surface area contributed by atoms with Crippen LogP contribution in [0.15, 0.2) is 36.8 Å². The van der Waals surface area contributed by atoms with E-state index in [2.05, 4.69) is 10.3 Å². The standard InChI is InChI=1S/C18H22N4O7/c1-11(2)7-15(18(25)26)20-8-14(17(23)24)16-9-19-10-21(16)29-13-5-3-12(4-6-13)22(27)28/h3-6,9-11,14-15,20H,7-8H2,1-2H3,(H,23,24)(H,25,26). The Kier molecular flexibility index (Phi) is 7.26. The third-order valence-corrected chi connectivity index (χ3v) is 4.11. The third-order valence-electron chi connectivity index (χ3n) is 4.11. The lowest BCUT2D eigenvalue weighted by Crippen LogP contribution is -2.41. The average Bonchev–Trinajstić information content (AvgIpc) is 3.08. The first-order valence-electron chi connectivity index (χ1n) is 8.83. The Morgan fingerprint density at radius 3 is 2.41 bits per heavy atom. The molecule has 0 saturated heterocycles. The highest BCUT2D eigenvalue weighted by molar-refractivity contribution is 5.76. The Hall–Kier alpha value is -3.47. The van der Waals surface area contributed by atoms with Gasteiger partial charge in [-0.1, -0.05) is 13.8 Å². The number of imidazole rings is 1. The molecule has 2 aromatic rings. The summed E-state index contributed by atoms with van der Waals surface area (Å²) < 4.78 is 1.14. The monoisotopic (exact) mass is 406 g/mol. The van der Waals surface area contributed by atoms with Crippen LogP contribution in [-0.2, 0) is 9.59 Å². The van der Waals surface area contributed by atoms with E-state index in [4.69, 9.17) is 4.84 Å². The fourth-order valence-corrected chi connectivity index (χ4v) is 2.68. The van der Waals surface area contributed by atoms with Gasteiger partial charge in [0.2, 0.25) is 0 Å². The SMILES string of the molecule is CC(C)CC(NCC(C(=O)O)c1cncn1Oc1ccc([N+](=O)[O-])cc1)C(=O)O. The van der Waals surface area contributed by atoms with E-state index in [1.165, 1.54) is 36.8 Å². The zero-order valence-corrected chi connectivity index (χ0v) is 15.9. The number of rotatable bonds is 11. The summed E-state index contributed by atoms with van der Waals surface area (Å²) >= 11 is 0. The molecule has 2 unspecified atom stereocenters. The van der Waals surface area contributed by atoms with Crippen LogP contribution in [0.1, 0.15) is 31.9 Å². The minimum Gasteiger partial charge on any atom is -0.481 e. The summed E-state index contributed by atoms with van der Waals surface area (Å²) in [5.41, 5.74) is 0.0812. The smallest absolute Gasteiger partial charge is 0.320 e. The number of aliphatic carboxylic acids is 2. The molecule has 0 aliphatic rings. The van der Waals surface area contributed by atoms with Gasteiger partial charge in [-0.05, 0) is 24.5 Å². The Morgan fingerprint density at radius 2 is 1.90 bits per heavy atom. The molecule has 0 radical (unpaired) electrons. The van der Waals surface area contributed by atoms with Gasteiger partial charge in [-0.2, -0.15) is 4.73 Å². The topological polar surface area (TPSA) is 157 Å². The average molecular weight is 406 g/mol. The number of benzene rings is 1. The zero-order valence-electron chi connectivity index (χ0n) is 15.9. The van der Waals surface area contributed by atoms with Crippen LogP contribution in [0.2, 0.25) is 0 Å². The molecule has 11 nitrogen and oxygen atoms in total. The van der Waals surface area contributed by atoms with E-state index in [0.717, 1.165) is 4.73 Å². The number of nitro benzene ring substituents is 1. The summed E-state index contributed by atoms with van der Waals surface area (Å²) in [4.78, 5) is 42.8. The molecule has 0 aliphatic heterocycles. The van der Waals surface area contributed by atoms with Gasteiger partial charge >= 0.3 is 11.9 Å². The molecular formula is C18H22N4O7. The van der Waals surface area contributed by atoms with Crippen LogP contribution in [0.25, 0.3) is 0 Å². The highest BCUT2D eigenvalue weighted by Gasteiger charge is 2.27. The quantitative estimate of drug-likeness (QED) is 0.374. The Bertz CT molecular complexity index is 863. The molecule has 1 aromatic carbocycles. The number of carboxylic acid groups (broad SMARTS) is 2. The Balaban J connectivity index is 2.16. The number of nitrogens with one attached hydrogen (secondary N) is 1. The van der Waals surface area contributed by atoms with Crippen LogP contribution in [-0.4, -0.2) is 49.4 Å². The number of carbonyl (C=O) groups is 2. The van der Waals surface area contributed by atoms with Crippen molar-refractivity contribution in [3.05, 3.63) is 52.6 Å². The molecule has 11 heteroatoms. The lowest BCUT2D eigenvalue weighted by atomic mass is 10.0. The van der Waals surface area contributed by atoms with Crippen LogP contribution >= 0.6 is 0 Å². The molecule has 3 N–H and O–H groups in total. The second kappa shape index (κ2) is 9.64. The number of hydrogen-bond acceptors (Lipinski definition) is 7. The van der Waals surface area contributed by atoms with Gasteiger partial charge in [0.05, 0.1) is 16.8 Å². The second-order valence-electron chi connectivity index (χ2n) is 6.81. The first kappa shape index (κ1) is 21.8. The Morgan fingerprint density at radius 1 is 1.24 bits per heavy atom. The summed E-state index contributed by atoms with van der Waals surface area (Å²) in [6, 6.07) is 4.37. The first-order chi connectivity index (χ1) is 13.7. The van der Waals surface area contributed by atoms with Crippen LogP contribution < -0.4 is 10.2 Å². The van der Waals surface area contributed by atoms with Crippen molar-refractivity contribution in [3.63, 3.8) is 0 Å². The predicted octanol–water partition coefficient (Wildman–Crippen LogP) is 1.89. The minimum absolute atomic E-state index is 0.110. The van der Waals surface area contributed by atoms with E-state index in [0.29, 0.717) is 6.42 Å². The molecule has 29 heavy (non-hydrogen) atoms. The number of nitro groups is 1. The van der Waals surface area contributed by atoms with Crippen molar-refractivity contribution in [2.75, 3.05) is 6.54 Å². The molecule has 1 heterocycles. The fourth-order valence-electron chi connectivity index (χ4n) is 2.68. The fraction of sp³-hybridized carbons (Fsp3) is 0.389. The summed E-state index contributed by atoms with van der Waals surface area (Å²) in [5, 5.41) is 32.4. The number of nitrogens with zero attached hydrogens (tertiary/aromatic N) is 3. The molecule has 156 valence electrons. The van der Waals surface area contributed by atoms with E-state index in [1.807, 2.05) is 13.8 Å². The van der Waals surface area contributed by atoms with Crippen molar-refractivity contribution < 1.29 is 29.6 Å². The maximum atomic E-state index is 11.8. The number of non-ortho nitro benzene ring substituents is 1. The molecule has 0 bridgehead atoms. The molecule has 0 aliphatic carbocycles. The summed E-state index contributed by atoms with van der Waals surface area (Å²) in [6.07, 6.45) is 2.92. The minimum atomic E-state index is -1.18. The van der Waals surface area contributed by atoms with Gasteiger partial charge in [-0.15, -0.1) is 0 Å². The first-order valence-corrected chi connectivity index (χ1v) is 8.83. The molecule has 2 rings (SSSR count). The van der Waals surface area contributed by atoms with Crippen molar-refractivity contribution in [3.8, 4) is 5.75 Å². The predicted molar refractivity (Wildman–Crippen MR) is 101 cm³/mol. The van der Waals surface area contributed by atoms with Gasteiger partial charge in [-0.25, -0.2) is 4.98 Å². The number of aromatic nitrogens is 2. The van der Waals surface area contributed by atoms with Crippen molar-refractivity contribution in [2.24, 2.45) is 5.92 Å². The molecule has 0 spiro atoms. The van der Waals surface area contributed by atoms with E-state index < -0.39 is 28.8 Å². The second-order valence-corrected chi connectivity index (χ2v) is 6.81. The highest BCUT2D eigenvalue weighted by Crippen LogP contribution is 2.21.